The Morgan fingerprint density at radius 2 is 1.79 bits per heavy atom. The van der Waals surface area contributed by atoms with Gasteiger partial charge in [-0.1, -0.05) is 30.3 Å². The molecule has 0 aromatic heterocycles. The summed E-state index contributed by atoms with van der Waals surface area (Å²) >= 11 is 0. The molecular formula is C20H23N3O. The summed E-state index contributed by atoms with van der Waals surface area (Å²) < 4.78 is 6.37. The molecule has 124 valence electrons. The lowest BCUT2D eigenvalue weighted by Crippen LogP contribution is -2.57. The van der Waals surface area contributed by atoms with Crippen LogP contribution in [0.3, 0.4) is 0 Å². The molecule has 6 rings (SSSR count). The Kier molecular flexibility index (Phi) is 3.20. The van der Waals surface area contributed by atoms with Crippen molar-refractivity contribution in [1.82, 2.24) is 4.90 Å². The van der Waals surface area contributed by atoms with Gasteiger partial charge in [0.2, 0.25) is 0 Å². The maximum Gasteiger partial charge on any atom is 0.199 e. The lowest BCUT2D eigenvalue weighted by atomic mass is 9.82. The molecule has 0 saturated carbocycles. The van der Waals surface area contributed by atoms with Gasteiger partial charge >= 0.3 is 0 Å². The third-order valence-electron chi connectivity index (χ3n) is 5.82. The standard InChI is InChI=1S/C20H23N3O/c21-16-6-7-17-19(12-16)24-20(15-4-2-1-3-5-15)23(17)18-13-22-10-8-14(18)9-11-22/h1-7,12,14,18,20H,8-11,13,21H2. The van der Waals surface area contributed by atoms with E-state index in [0.29, 0.717) is 6.04 Å². The smallest absolute Gasteiger partial charge is 0.199 e. The normalized spacial score (nSPS) is 30.9. The van der Waals surface area contributed by atoms with Gasteiger partial charge in [0.15, 0.2) is 6.23 Å². The molecule has 2 atom stereocenters. The number of ether oxygens (including phenoxy) is 1. The highest BCUT2D eigenvalue weighted by molar-refractivity contribution is 5.68. The molecule has 4 heteroatoms. The zero-order valence-corrected chi connectivity index (χ0v) is 13.8. The van der Waals surface area contributed by atoms with Crippen molar-refractivity contribution < 1.29 is 4.74 Å². The van der Waals surface area contributed by atoms with Crippen molar-refractivity contribution >= 4 is 11.4 Å². The van der Waals surface area contributed by atoms with Crippen LogP contribution in [0.15, 0.2) is 48.5 Å². The first-order valence-electron chi connectivity index (χ1n) is 8.91. The molecule has 2 aromatic carbocycles. The minimum absolute atomic E-state index is 0.0476. The number of hydrogen-bond donors (Lipinski definition) is 1. The maximum atomic E-state index is 6.37. The molecule has 4 aliphatic heterocycles. The molecule has 2 N–H and O–H groups in total. The van der Waals surface area contributed by atoms with Crippen LogP contribution < -0.4 is 15.4 Å². The molecule has 4 aliphatic rings. The molecule has 0 amide bonds. The predicted octanol–water partition coefficient (Wildman–Crippen LogP) is 3.26. The Hall–Kier alpha value is -2.20. The molecule has 4 heterocycles. The number of nitrogen functional groups attached to an aromatic ring is 1. The predicted molar refractivity (Wildman–Crippen MR) is 96.1 cm³/mol. The van der Waals surface area contributed by atoms with E-state index in [-0.39, 0.29) is 6.23 Å². The van der Waals surface area contributed by atoms with Crippen molar-refractivity contribution in [2.75, 3.05) is 30.3 Å². The van der Waals surface area contributed by atoms with Crippen LogP contribution in [0, 0.1) is 5.92 Å². The van der Waals surface area contributed by atoms with E-state index in [1.54, 1.807) is 0 Å². The third-order valence-corrected chi connectivity index (χ3v) is 5.82. The van der Waals surface area contributed by atoms with Crippen LogP contribution in [0.4, 0.5) is 11.4 Å². The van der Waals surface area contributed by atoms with Crippen LogP contribution in [-0.4, -0.2) is 30.6 Å². The van der Waals surface area contributed by atoms with Crippen molar-refractivity contribution in [2.45, 2.75) is 25.1 Å². The fraction of sp³-hybridized carbons (Fsp3) is 0.400. The van der Waals surface area contributed by atoms with E-state index >= 15 is 0 Å². The van der Waals surface area contributed by atoms with Crippen LogP contribution in [0.1, 0.15) is 24.6 Å². The molecule has 0 aliphatic carbocycles. The zero-order valence-electron chi connectivity index (χ0n) is 13.8. The van der Waals surface area contributed by atoms with E-state index in [2.05, 4.69) is 46.2 Å². The van der Waals surface area contributed by atoms with Crippen LogP contribution in [0.5, 0.6) is 5.75 Å². The Morgan fingerprint density at radius 1 is 1.00 bits per heavy atom. The van der Waals surface area contributed by atoms with Crippen molar-refractivity contribution in [1.29, 1.82) is 0 Å². The van der Waals surface area contributed by atoms with Crippen molar-refractivity contribution in [3.8, 4) is 5.75 Å². The number of rotatable bonds is 2. The van der Waals surface area contributed by atoms with E-state index < -0.39 is 0 Å². The minimum Gasteiger partial charge on any atom is -0.464 e. The number of nitrogens with two attached hydrogens (primary N) is 1. The molecule has 24 heavy (non-hydrogen) atoms. The first kappa shape index (κ1) is 14.2. The quantitative estimate of drug-likeness (QED) is 0.862. The molecule has 3 saturated heterocycles. The van der Waals surface area contributed by atoms with Gasteiger partial charge in [-0.2, -0.15) is 0 Å². The topological polar surface area (TPSA) is 41.7 Å². The van der Waals surface area contributed by atoms with Gasteiger partial charge in [-0.05, 0) is 44.0 Å². The van der Waals surface area contributed by atoms with Crippen LogP contribution in [0.25, 0.3) is 0 Å². The van der Waals surface area contributed by atoms with Gasteiger partial charge in [0.1, 0.15) is 5.75 Å². The van der Waals surface area contributed by atoms with E-state index in [1.165, 1.54) is 37.2 Å². The SMILES string of the molecule is Nc1ccc2c(c1)OC(c1ccccc1)N2C1CN2CCC1CC2. The molecule has 4 nitrogen and oxygen atoms in total. The van der Waals surface area contributed by atoms with Gasteiger partial charge in [-0.15, -0.1) is 0 Å². The largest absolute Gasteiger partial charge is 0.464 e. The molecule has 2 bridgehead atoms. The summed E-state index contributed by atoms with van der Waals surface area (Å²) in [6, 6.07) is 17.2. The summed E-state index contributed by atoms with van der Waals surface area (Å²) in [5.74, 6) is 1.67. The number of hydrogen-bond acceptors (Lipinski definition) is 4. The summed E-state index contributed by atoms with van der Waals surface area (Å²) in [5.41, 5.74) is 9.16. The van der Waals surface area contributed by atoms with E-state index in [0.717, 1.165) is 23.9 Å². The Morgan fingerprint density at radius 3 is 2.50 bits per heavy atom. The number of anilines is 2. The van der Waals surface area contributed by atoms with E-state index in [4.69, 9.17) is 10.5 Å². The second-order valence-corrected chi connectivity index (χ2v) is 7.22. The first-order chi connectivity index (χ1) is 11.8. The van der Waals surface area contributed by atoms with Gasteiger partial charge in [-0.3, -0.25) is 0 Å². The number of benzene rings is 2. The Labute approximate surface area is 142 Å². The summed E-state index contributed by atoms with van der Waals surface area (Å²) in [4.78, 5) is 5.11. The van der Waals surface area contributed by atoms with E-state index in [9.17, 15) is 0 Å². The van der Waals surface area contributed by atoms with Gasteiger partial charge < -0.3 is 20.3 Å². The summed E-state index contributed by atoms with van der Waals surface area (Å²) in [6.45, 7) is 3.64. The fourth-order valence-corrected chi connectivity index (χ4v) is 4.59. The number of fused-ring (bicyclic) bond motifs is 4. The Balaban J connectivity index is 1.58. The molecule has 0 radical (unpaired) electrons. The summed E-state index contributed by atoms with van der Waals surface area (Å²) in [6.07, 6.45) is 2.55. The average molecular weight is 321 g/mol. The molecule has 3 fully saturated rings. The molecule has 2 unspecified atom stereocenters. The van der Waals surface area contributed by atoms with Gasteiger partial charge in [0.25, 0.3) is 0 Å². The first-order valence-corrected chi connectivity index (χ1v) is 8.91. The van der Waals surface area contributed by atoms with Gasteiger partial charge in [0.05, 0.1) is 5.69 Å². The highest BCUT2D eigenvalue weighted by atomic mass is 16.5. The zero-order chi connectivity index (χ0) is 16.1. The van der Waals surface area contributed by atoms with Crippen molar-refractivity contribution in [3.63, 3.8) is 0 Å². The van der Waals surface area contributed by atoms with Crippen molar-refractivity contribution in [2.24, 2.45) is 5.92 Å². The lowest BCUT2D eigenvalue weighted by Gasteiger charge is -2.49. The van der Waals surface area contributed by atoms with Crippen LogP contribution >= 0.6 is 0 Å². The second kappa shape index (κ2) is 5.42. The molecule has 0 spiro atoms. The van der Waals surface area contributed by atoms with Crippen LogP contribution in [-0.2, 0) is 0 Å². The summed E-state index contributed by atoms with van der Waals surface area (Å²) in [5, 5.41) is 0. The monoisotopic (exact) mass is 321 g/mol. The van der Waals surface area contributed by atoms with Gasteiger partial charge in [-0.25, -0.2) is 0 Å². The van der Waals surface area contributed by atoms with Crippen molar-refractivity contribution in [3.05, 3.63) is 54.1 Å². The summed E-state index contributed by atoms with van der Waals surface area (Å²) in [7, 11) is 0. The Bertz CT molecular complexity index is 740. The minimum atomic E-state index is -0.0476. The average Bonchev–Trinajstić information content (AvgIpc) is 3.01. The number of nitrogens with zero attached hydrogens (tertiary/aromatic N) is 2. The fourth-order valence-electron chi connectivity index (χ4n) is 4.59. The van der Waals surface area contributed by atoms with Gasteiger partial charge in [0, 0.05) is 29.9 Å². The molecular weight excluding hydrogens is 298 g/mol. The highest BCUT2D eigenvalue weighted by Gasteiger charge is 2.44. The molecule has 2 aromatic rings. The van der Waals surface area contributed by atoms with E-state index in [1.807, 2.05) is 12.1 Å². The second-order valence-electron chi connectivity index (χ2n) is 7.22. The third kappa shape index (κ3) is 2.17. The van der Waals surface area contributed by atoms with Crippen LogP contribution in [0.2, 0.25) is 0 Å². The lowest BCUT2D eigenvalue weighted by molar-refractivity contribution is 0.0700. The highest BCUT2D eigenvalue weighted by Crippen LogP contribution is 2.48. The number of piperidine rings is 3. The maximum absolute atomic E-state index is 6.37.